The molecule has 0 amide bonds. The van der Waals surface area contributed by atoms with Gasteiger partial charge in [-0.15, -0.1) is 0 Å². The number of nitrogens with one attached hydrogen (secondary N) is 1. The monoisotopic (exact) mass is 158 g/mol. The van der Waals surface area contributed by atoms with Crippen LogP contribution in [0.25, 0.3) is 0 Å². The summed E-state index contributed by atoms with van der Waals surface area (Å²) in [6.07, 6.45) is 2.94. The molecule has 0 spiro atoms. The van der Waals surface area contributed by atoms with Crippen LogP contribution in [-0.2, 0) is 4.79 Å². The first kappa shape index (κ1) is 10.6. The largest absolute Gasteiger partial charge is 0.322 e. The number of hydrogen-bond donors (Lipinski definition) is 2. The van der Waals surface area contributed by atoms with Crippen LogP contribution < -0.4 is 11.1 Å². The number of Topliss-reactive ketones (excluding diaryl/α,β-unsaturated/α-hetero) is 1. The van der Waals surface area contributed by atoms with Gasteiger partial charge in [0, 0.05) is 0 Å². The normalized spacial score (nSPS) is 13.0. The lowest BCUT2D eigenvalue weighted by molar-refractivity contribution is -0.118. The predicted octanol–water partition coefficient (Wildman–Crippen LogP) is 0.292. The number of hydrogen-bond acceptors (Lipinski definition) is 3. The Morgan fingerprint density at radius 1 is 1.55 bits per heavy atom. The SMILES string of the molecule is CNCCCC[C@H](N)C(C)=O. The fourth-order valence-electron chi connectivity index (χ4n) is 0.869. The summed E-state index contributed by atoms with van der Waals surface area (Å²) in [7, 11) is 1.92. The number of ketones is 1. The van der Waals surface area contributed by atoms with Crippen molar-refractivity contribution in [1.82, 2.24) is 5.32 Å². The number of carbonyl (C=O) groups excluding carboxylic acids is 1. The van der Waals surface area contributed by atoms with Crippen LogP contribution in [0.15, 0.2) is 0 Å². The predicted molar refractivity (Wildman–Crippen MR) is 46.4 cm³/mol. The molecule has 0 saturated carbocycles. The number of unbranched alkanes of at least 4 members (excludes halogenated alkanes) is 1. The van der Waals surface area contributed by atoms with Gasteiger partial charge >= 0.3 is 0 Å². The molecular weight excluding hydrogens is 140 g/mol. The van der Waals surface area contributed by atoms with Crippen molar-refractivity contribution in [3.8, 4) is 0 Å². The second-order valence-electron chi connectivity index (χ2n) is 2.82. The Kier molecular flexibility index (Phi) is 6.07. The molecule has 0 unspecified atom stereocenters. The zero-order valence-electron chi connectivity index (χ0n) is 7.39. The summed E-state index contributed by atoms with van der Waals surface area (Å²) in [6, 6.07) is -0.244. The molecule has 1 atom stereocenters. The summed E-state index contributed by atoms with van der Waals surface area (Å²) in [5.74, 6) is 0.0921. The van der Waals surface area contributed by atoms with Crippen LogP contribution in [0.2, 0.25) is 0 Å². The van der Waals surface area contributed by atoms with E-state index in [0.29, 0.717) is 0 Å². The highest BCUT2D eigenvalue weighted by atomic mass is 16.1. The molecule has 0 aliphatic rings. The van der Waals surface area contributed by atoms with Gasteiger partial charge in [0.05, 0.1) is 6.04 Å². The van der Waals surface area contributed by atoms with E-state index in [9.17, 15) is 4.79 Å². The fourth-order valence-corrected chi connectivity index (χ4v) is 0.869. The van der Waals surface area contributed by atoms with Crippen molar-refractivity contribution < 1.29 is 4.79 Å². The molecule has 11 heavy (non-hydrogen) atoms. The molecule has 0 fully saturated rings. The lowest BCUT2D eigenvalue weighted by Crippen LogP contribution is -2.28. The number of rotatable bonds is 6. The van der Waals surface area contributed by atoms with E-state index in [1.807, 2.05) is 7.05 Å². The minimum Gasteiger partial charge on any atom is -0.322 e. The molecule has 3 N–H and O–H groups in total. The Labute approximate surface area is 68.3 Å². The van der Waals surface area contributed by atoms with E-state index in [2.05, 4.69) is 5.32 Å². The molecule has 0 aliphatic heterocycles. The van der Waals surface area contributed by atoms with Gasteiger partial charge in [0.2, 0.25) is 0 Å². The molecule has 0 radical (unpaired) electrons. The molecule has 0 aromatic carbocycles. The van der Waals surface area contributed by atoms with Crippen molar-refractivity contribution in [3.63, 3.8) is 0 Å². The van der Waals surface area contributed by atoms with Gasteiger partial charge in [-0.1, -0.05) is 6.42 Å². The molecule has 0 heterocycles. The summed E-state index contributed by atoms with van der Waals surface area (Å²) in [6.45, 7) is 2.55. The van der Waals surface area contributed by atoms with Gasteiger partial charge in [-0.05, 0) is 33.4 Å². The van der Waals surface area contributed by atoms with E-state index in [4.69, 9.17) is 5.73 Å². The molecule has 0 rings (SSSR count). The van der Waals surface area contributed by atoms with E-state index in [1.54, 1.807) is 6.92 Å². The van der Waals surface area contributed by atoms with Crippen molar-refractivity contribution >= 4 is 5.78 Å². The Bertz CT molecular complexity index is 115. The van der Waals surface area contributed by atoms with E-state index in [1.165, 1.54) is 0 Å². The average molecular weight is 158 g/mol. The molecule has 66 valence electrons. The Balaban J connectivity index is 3.17. The number of nitrogens with two attached hydrogens (primary N) is 1. The molecule has 0 aromatic heterocycles. The average Bonchev–Trinajstić information content (AvgIpc) is 1.97. The third-order valence-electron chi connectivity index (χ3n) is 1.71. The molecule has 0 bridgehead atoms. The first-order chi connectivity index (χ1) is 5.18. The zero-order chi connectivity index (χ0) is 8.69. The van der Waals surface area contributed by atoms with Gasteiger partial charge in [-0.2, -0.15) is 0 Å². The maximum absolute atomic E-state index is 10.7. The quantitative estimate of drug-likeness (QED) is 0.546. The van der Waals surface area contributed by atoms with Gasteiger partial charge in [-0.25, -0.2) is 0 Å². The van der Waals surface area contributed by atoms with Crippen LogP contribution in [0.5, 0.6) is 0 Å². The van der Waals surface area contributed by atoms with Gasteiger partial charge in [0.1, 0.15) is 5.78 Å². The van der Waals surface area contributed by atoms with E-state index in [-0.39, 0.29) is 11.8 Å². The minimum absolute atomic E-state index is 0.0921. The van der Waals surface area contributed by atoms with Gasteiger partial charge in [0.15, 0.2) is 0 Å². The van der Waals surface area contributed by atoms with Crippen molar-refractivity contribution in [2.45, 2.75) is 32.2 Å². The van der Waals surface area contributed by atoms with Crippen LogP contribution in [-0.4, -0.2) is 25.4 Å². The molecule has 3 heteroatoms. The maximum Gasteiger partial charge on any atom is 0.146 e. The Hall–Kier alpha value is -0.410. The second kappa shape index (κ2) is 6.31. The van der Waals surface area contributed by atoms with Crippen molar-refractivity contribution in [3.05, 3.63) is 0 Å². The lowest BCUT2D eigenvalue weighted by Gasteiger charge is -2.06. The van der Waals surface area contributed by atoms with Crippen LogP contribution in [0.3, 0.4) is 0 Å². The van der Waals surface area contributed by atoms with Crippen molar-refractivity contribution in [2.24, 2.45) is 5.73 Å². The Morgan fingerprint density at radius 2 is 2.18 bits per heavy atom. The topological polar surface area (TPSA) is 55.1 Å². The van der Waals surface area contributed by atoms with Gasteiger partial charge < -0.3 is 11.1 Å². The minimum atomic E-state index is -0.244. The van der Waals surface area contributed by atoms with E-state index >= 15 is 0 Å². The third-order valence-corrected chi connectivity index (χ3v) is 1.71. The molecule has 0 aromatic rings. The van der Waals surface area contributed by atoms with Crippen molar-refractivity contribution in [1.29, 1.82) is 0 Å². The third kappa shape index (κ3) is 6.01. The zero-order valence-corrected chi connectivity index (χ0v) is 7.39. The van der Waals surface area contributed by atoms with Crippen molar-refractivity contribution in [2.75, 3.05) is 13.6 Å². The molecular formula is C8H18N2O. The smallest absolute Gasteiger partial charge is 0.146 e. The lowest BCUT2D eigenvalue weighted by atomic mass is 10.1. The summed E-state index contributed by atoms with van der Waals surface area (Å²) >= 11 is 0. The van der Waals surface area contributed by atoms with Gasteiger partial charge in [-0.3, -0.25) is 4.79 Å². The summed E-state index contributed by atoms with van der Waals surface area (Å²) in [5, 5.41) is 3.04. The first-order valence-corrected chi connectivity index (χ1v) is 4.09. The van der Waals surface area contributed by atoms with Crippen LogP contribution in [0, 0.1) is 0 Å². The Morgan fingerprint density at radius 3 is 2.64 bits per heavy atom. The van der Waals surface area contributed by atoms with Crippen LogP contribution in [0.4, 0.5) is 0 Å². The van der Waals surface area contributed by atoms with E-state index < -0.39 is 0 Å². The fraction of sp³-hybridized carbons (Fsp3) is 0.875. The summed E-state index contributed by atoms with van der Waals surface area (Å²) in [4.78, 5) is 10.7. The van der Waals surface area contributed by atoms with E-state index in [0.717, 1.165) is 25.8 Å². The maximum atomic E-state index is 10.7. The summed E-state index contributed by atoms with van der Waals surface area (Å²) in [5.41, 5.74) is 5.53. The molecule has 3 nitrogen and oxygen atoms in total. The highest BCUT2D eigenvalue weighted by Gasteiger charge is 2.05. The second-order valence-corrected chi connectivity index (χ2v) is 2.82. The standard InChI is InChI=1S/C8H18N2O/c1-7(11)8(9)5-3-4-6-10-2/h8,10H,3-6,9H2,1-2H3/t8-/m0/s1. The van der Waals surface area contributed by atoms with Crippen LogP contribution in [0.1, 0.15) is 26.2 Å². The molecule has 0 aliphatic carbocycles. The van der Waals surface area contributed by atoms with Gasteiger partial charge in [0.25, 0.3) is 0 Å². The highest BCUT2D eigenvalue weighted by molar-refractivity contribution is 5.80. The van der Waals surface area contributed by atoms with Crippen LogP contribution >= 0.6 is 0 Å². The molecule has 0 saturated heterocycles. The highest BCUT2D eigenvalue weighted by Crippen LogP contribution is 1.98. The summed E-state index contributed by atoms with van der Waals surface area (Å²) < 4.78 is 0. The first-order valence-electron chi connectivity index (χ1n) is 4.09. The number of carbonyl (C=O) groups is 1.